The van der Waals surface area contributed by atoms with Crippen molar-refractivity contribution in [1.82, 2.24) is 0 Å². The summed E-state index contributed by atoms with van der Waals surface area (Å²) < 4.78 is 25.6. The van der Waals surface area contributed by atoms with Gasteiger partial charge >= 0.3 is 11.4 Å². The molecule has 0 aliphatic carbocycles. The van der Waals surface area contributed by atoms with E-state index in [-0.39, 0.29) is 6.07 Å². The van der Waals surface area contributed by atoms with Crippen molar-refractivity contribution in [3.63, 3.8) is 0 Å². The molecule has 1 aromatic carbocycles. The minimum atomic E-state index is -1.65. The zero-order valence-electron chi connectivity index (χ0n) is 6.44. The molecular weight excluding hydrogens is 200 g/mol. The van der Waals surface area contributed by atoms with E-state index in [0.717, 1.165) is 0 Å². The van der Waals surface area contributed by atoms with Crippen LogP contribution in [0.3, 0.4) is 0 Å². The first kappa shape index (κ1) is 9.79. The monoisotopic (exact) mass is 202 g/mol. The van der Waals surface area contributed by atoms with Gasteiger partial charge in [-0.05, 0) is 0 Å². The predicted molar refractivity (Wildman–Crippen MR) is 39.4 cm³/mol. The Labute approximate surface area is 75.2 Å². The van der Waals surface area contributed by atoms with Crippen molar-refractivity contribution >= 4 is 11.4 Å². The summed E-state index contributed by atoms with van der Waals surface area (Å²) in [7, 11) is 0. The number of benzene rings is 1. The molecule has 1 N–H and O–H groups in total. The van der Waals surface area contributed by atoms with Crippen LogP contribution in [-0.4, -0.2) is 10.0 Å². The topological polar surface area (TPSA) is 91.5 Å². The molecule has 72 valence electrons. The summed E-state index contributed by atoms with van der Waals surface area (Å²) in [5.74, 6) is -4.26. The smallest absolute Gasteiger partial charge is 0.499 e. The molecule has 8 heteroatoms. The van der Waals surface area contributed by atoms with E-state index in [1.165, 1.54) is 0 Å². The van der Waals surface area contributed by atoms with Gasteiger partial charge in [-0.25, -0.2) is 0 Å². The Morgan fingerprint density at radius 3 is 2.57 bits per heavy atom. The van der Waals surface area contributed by atoms with Gasteiger partial charge in [0.2, 0.25) is 11.2 Å². The summed E-state index contributed by atoms with van der Waals surface area (Å²) in [6, 6.07) is 0.275. The number of hydrogen-bond acceptors (Lipinski definition) is 4. The summed E-state index contributed by atoms with van der Waals surface area (Å²) in [6.45, 7) is 0. The molecule has 0 radical (unpaired) electrons. The normalized spacial score (nSPS) is 9.50. The van der Waals surface area contributed by atoms with Crippen molar-refractivity contribution in [1.29, 1.82) is 5.39 Å². The lowest BCUT2D eigenvalue weighted by Gasteiger charge is -1.94. The van der Waals surface area contributed by atoms with E-state index >= 15 is 0 Å². The number of rotatable bonds is 1. The van der Waals surface area contributed by atoms with E-state index < -0.39 is 33.7 Å². The van der Waals surface area contributed by atoms with Crippen LogP contribution in [0.5, 0.6) is 5.75 Å². The molecule has 1 aromatic rings. The zero-order chi connectivity index (χ0) is 10.9. The number of nitro benzene ring substituents is 1. The van der Waals surface area contributed by atoms with Gasteiger partial charge in [0.1, 0.15) is 0 Å². The van der Waals surface area contributed by atoms with Crippen LogP contribution in [0.2, 0.25) is 0 Å². The van der Waals surface area contributed by atoms with E-state index in [2.05, 4.69) is 4.98 Å². The van der Waals surface area contributed by atoms with Gasteiger partial charge in [-0.1, -0.05) is 0 Å². The molecular formula is C6H2F2N3O3+. The van der Waals surface area contributed by atoms with Crippen molar-refractivity contribution in [3.05, 3.63) is 32.8 Å². The molecule has 0 heterocycles. The first-order valence-corrected chi connectivity index (χ1v) is 3.19. The van der Waals surface area contributed by atoms with Crippen LogP contribution < -0.4 is 0 Å². The van der Waals surface area contributed by atoms with Gasteiger partial charge in [-0.15, -0.1) is 0 Å². The summed E-state index contributed by atoms with van der Waals surface area (Å²) in [6.07, 6.45) is 0. The second-order valence-corrected chi connectivity index (χ2v) is 2.25. The van der Waals surface area contributed by atoms with Crippen molar-refractivity contribution in [3.8, 4) is 5.75 Å². The predicted octanol–water partition coefficient (Wildman–Crippen LogP) is 2.06. The van der Waals surface area contributed by atoms with Crippen LogP contribution in [0, 0.1) is 27.1 Å². The van der Waals surface area contributed by atoms with Crippen LogP contribution in [0.25, 0.3) is 4.98 Å². The van der Waals surface area contributed by atoms with Gasteiger partial charge in [-0.2, -0.15) is 8.78 Å². The molecule has 0 aliphatic heterocycles. The molecule has 0 atom stereocenters. The minimum Gasteiger partial charge on any atom is -0.505 e. The molecule has 0 saturated heterocycles. The first-order chi connectivity index (χ1) is 6.49. The fraction of sp³-hybridized carbons (Fsp3) is 0. The molecule has 1 rings (SSSR count). The second-order valence-electron chi connectivity index (χ2n) is 2.25. The highest BCUT2D eigenvalue weighted by atomic mass is 19.1. The van der Waals surface area contributed by atoms with E-state index in [4.69, 9.17) is 10.5 Å². The largest absolute Gasteiger partial charge is 0.505 e. The highest BCUT2D eigenvalue weighted by molar-refractivity contribution is 5.66. The number of hydrogen-bond donors (Lipinski definition) is 1. The van der Waals surface area contributed by atoms with Crippen molar-refractivity contribution in [2.75, 3.05) is 0 Å². The maximum Gasteiger partial charge on any atom is 0.499 e. The van der Waals surface area contributed by atoms with Crippen LogP contribution in [0.15, 0.2) is 6.07 Å². The number of nitro groups is 1. The summed E-state index contributed by atoms with van der Waals surface area (Å²) in [5, 5.41) is 27.1. The van der Waals surface area contributed by atoms with Crippen LogP contribution in [0.1, 0.15) is 0 Å². The van der Waals surface area contributed by atoms with E-state index in [1.54, 1.807) is 0 Å². The molecule has 0 fully saturated rings. The van der Waals surface area contributed by atoms with Gasteiger partial charge in [0.25, 0.3) is 5.82 Å². The lowest BCUT2D eigenvalue weighted by atomic mass is 10.2. The quantitative estimate of drug-likeness (QED) is 0.428. The molecule has 0 spiro atoms. The Morgan fingerprint density at radius 2 is 2.14 bits per heavy atom. The Bertz CT molecular complexity index is 455. The van der Waals surface area contributed by atoms with Gasteiger partial charge in [0.05, 0.1) is 4.92 Å². The molecule has 0 aromatic heterocycles. The number of phenolic OH excluding ortho intramolecular Hbond substituents is 1. The standard InChI is InChI=1S/C6HF2N3O3/c7-2-1-3(12)4(8)6(11(13)14)5(2)10-9/h1H/p+1. The molecule has 6 nitrogen and oxygen atoms in total. The van der Waals surface area contributed by atoms with Gasteiger partial charge in [-0.3, -0.25) is 10.1 Å². The maximum atomic E-state index is 12.9. The van der Waals surface area contributed by atoms with E-state index in [9.17, 15) is 18.9 Å². The summed E-state index contributed by atoms with van der Waals surface area (Å²) >= 11 is 0. The SMILES string of the molecule is N#[N+]c1c(F)cc(O)c(F)c1[N+](=O)[O-]. The highest BCUT2D eigenvalue weighted by Gasteiger charge is 2.37. The molecule has 0 aliphatic rings. The second kappa shape index (κ2) is 3.21. The van der Waals surface area contributed by atoms with E-state index in [0.29, 0.717) is 0 Å². The van der Waals surface area contributed by atoms with Gasteiger partial charge < -0.3 is 5.11 Å². The van der Waals surface area contributed by atoms with Crippen molar-refractivity contribution < 1.29 is 18.8 Å². The van der Waals surface area contributed by atoms with Crippen LogP contribution in [-0.2, 0) is 0 Å². The molecule has 14 heavy (non-hydrogen) atoms. The Morgan fingerprint density at radius 1 is 1.57 bits per heavy atom. The number of diazo groups is 1. The Kier molecular flexibility index (Phi) is 2.25. The third-order valence-electron chi connectivity index (χ3n) is 1.43. The summed E-state index contributed by atoms with van der Waals surface area (Å²) in [4.78, 5) is 11.1. The molecule has 0 amide bonds. The third kappa shape index (κ3) is 1.31. The van der Waals surface area contributed by atoms with Crippen molar-refractivity contribution in [2.45, 2.75) is 0 Å². The van der Waals surface area contributed by atoms with Gasteiger partial charge in [0.15, 0.2) is 10.7 Å². The Hall–Kier alpha value is -2.30. The average Bonchev–Trinajstić information content (AvgIpc) is 2.10. The summed E-state index contributed by atoms with van der Waals surface area (Å²) in [5.41, 5.74) is -2.57. The molecule has 0 saturated carbocycles. The Balaban J connectivity index is 3.67. The van der Waals surface area contributed by atoms with Crippen molar-refractivity contribution in [2.24, 2.45) is 0 Å². The third-order valence-corrected chi connectivity index (χ3v) is 1.43. The minimum absolute atomic E-state index is 0.275. The van der Waals surface area contributed by atoms with Gasteiger partial charge in [0, 0.05) is 6.07 Å². The highest BCUT2D eigenvalue weighted by Crippen LogP contribution is 2.37. The van der Waals surface area contributed by atoms with Crippen LogP contribution >= 0.6 is 0 Å². The zero-order valence-corrected chi connectivity index (χ0v) is 6.44. The molecule has 0 unspecified atom stereocenters. The number of phenols is 1. The number of aromatic hydroxyl groups is 1. The average molecular weight is 202 g/mol. The fourth-order valence-electron chi connectivity index (χ4n) is 0.852. The lowest BCUT2D eigenvalue weighted by molar-refractivity contribution is -0.386. The van der Waals surface area contributed by atoms with Crippen LogP contribution in [0.4, 0.5) is 20.2 Å². The fourth-order valence-corrected chi connectivity index (χ4v) is 0.852. The number of nitrogens with zero attached hydrogens (tertiary/aromatic N) is 3. The number of halogens is 2. The van der Waals surface area contributed by atoms with E-state index in [1.807, 2.05) is 0 Å². The first-order valence-electron chi connectivity index (χ1n) is 3.19. The maximum absolute atomic E-state index is 12.9. The molecule has 0 bridgehead atoms. The lowest BCUT2D eigenvalue weighted by Crippen LogP contribution is -1.95.